The molecular weight excluding hydrogens is 192 g/mol. The highest BCUT2D eigenvalue weighted by Gasteiger charge is 2.30. The fourth-order valence-electron chi connectivity index (χ4n) is 1.57. The Labute approximate surface area is 88.7 Å². The molecule has 80 valence electrons. The van der Waals surface area contributed by atoms with Gasteiger partial charge >= 0.3 is 0 Å². The van der Waals surface area contributed by atoms with Crippen LogP contribution in [0, 0.1) is 0 Å². The molecule has 0 bridgehead atoms. The van der Waals surface area contributed by atoms with E-state index in [0.29, 0.717) is 24.4 Å². The maximum Gasteiger partial charge on any atom is 0.164 e. The average molecular weight is 206 g/mol. The third kappa shape index (κ3) is 2.36. The van der Waals surface area contributed by atoms with E-state index in [1.54, 1.807) is 18.4 Å². The van der Waals surface area contributed by atoms with E-state index in [2.05, 4.69) is 0 Å². The second kappa shape index (κ2) is 3.66. The second-order valence-corrected chi connectivity index (χ2v) is 4.33. The van der Waals surface area contributed by atoms with Gasteiger partial charge in [-0.15, -0.1) is 0 Å². The Hall–Kier alpha value is -1.35. The van der Waals surface area contributed by atoms with E-state index in [-0.39, 0.29) is 11.4 Å². The Morgan fingerprint density at radius 2 is 2.27 bits per heavy atom. The van der Waals surface area contributed by atoms with E-state index in [1.165, 1.54) is 0 Å². The van der Waals surface area contributed by atoms with Gasteiger partial charge in [-0.3, -0.25) is 4.79 Å². The molecule has 1 saturated heterocycles. The number of carbonyl (C=O) groups is 1. The highest BCUT2D eigenvalue weighted by atomic mass is 16.5. The Balaban J connectivity index is 2.16. The molecule has 1 aromatic rings. The van der Waals surface area contributed by atoms with Crippen molar-refractivity contribution in [1.82, 2.24) is 0 Å². The van der Waals surface area contributed by atoms with Gasteiger partial charge in [0.15, 0.2) is 5.78 Å². The molecule has 0 amide bonds. The Kier molecular flexibility index (Phi) is 2.49. The minimum atomic E-state index is -0.336. The van der Waals surface area contributed by atoms with Crippen LogP contribution in [-0.2, 0) is 9.53 Å². The number of rotatable bonds is 1. The lowest BCUT2D eigenvalue weighted by atomic mass is 9.94. The minimum Gasteiger partial charge on any atom is -0.465 e. The van der Waals surface area contributed by atoms with Gasteiger partial charge in [0.05, 0.1) is 18.5 Å². The molecule has 0 N–H and O–H groups in total. The number of ether oxygens (including phenoxy) is 1. The van der Waals surface area contributed by atoms with E-state index >= 15 is 0 Å². The summed E-state index contributed by atoms with van der Waals surface area (Å²) in [5.74, 6) is 0.837. The van der Waals surface area contributed by atoms with Crippen LogP contribution in [0.4, 0.5) is 0 Å². The van der Waals surface area contributed by atoms with Gasteiger partial charge in [0.2, 0.25) is 0 Å². The van der Waals surface area contributed by atoms with Crippen molar-refractivity contribution >= 4 is 11.9 Å². The number of ketones is 1. The zero-order chi connectivity index (χ0) is 10.9. The highest BCUT2D eigenvalue weighted by Crippen LogP contribution is 2.25. The average Bonchev–Trinajstić information content (AvgIpc) is 2.61. The fraction of sp³-hybridized carbons (Fsp3) is 0.417. The molecule has 0 spiro atoms. The SMILES string of the molecule is CC1(C)CC(=O)C(=Cc2ccco2)CO1. The molecular formula is C12H14O3. The number of hydrogen-bond donors (Lipinski definition) is 0. The number of furan rings is 1. The maximum atomic E-state index is 11.7. The maximum absolute atomic E-state index is 11.7. The van der Waals surface area contributed by atoms with Crippen molar-refractivity contribution in [3.8, 4) is 0 Å². The Morgan fingerprint density at radius 3 is 2.87 bits per heavy atom. The molecule has 3 nitrogen and oxygen atoms in total. The van der Waals surface area contributed by atoms with E-state index in [4.69, 9.17) is 9.15 Å². The summed E-state index contributed by atoms with van der Waals surface area (Å²) in [6, 6.07) is 3.62. The molecule has 1 aliphatic heterocycles. The van der Waals surface area contributed by atoms with Crippen LogP contribution in [0.15, 0.2) is 28.4 Å². The van der Waals surface area contributed by atoms with Gasteiger partial charge in [-0.1, -0.05) is 0 Å². The number of hydrogen-bond acceptors (Lipinski definition) is 3. The van der Waals surface area contributed by atoms with Crippen LogP contribution in [-0.4, -0.2) is 18.0 Å². The number of Topliss-reactive ketones (excluding diaryl/α,β-unsaturated/α-hetero) is 1. The van der Waals surface area contributed by atoms with Crippen molar-refractivity contribution in [3.05, 3.63) is 29.7 Å². The monoisotopic (exact) mass is 206 g/mol. The van der Waals surface area contributed by atoms with Gasteiger partial charge in [-0.05, 0) is 32.1 Å². The lowest BCUT2D eigenvalue weighted by molar-refractivity contribution is -0.127. The van der Waals surface area contributed by atoms with Crippen molar-refractivity contribution in [1.29, 1.82) is 0 Å². The van der Waals surface area contributed by atoms with Gasteiger partial charge in [-0.25, -0.2) is 0 Å². The van der Waals surface area contributed by atoms with E-state index < -0.39 is 0 Å². The lowest BCUT2D eigenvalue weighted by Crippen LogP contribution is -2.35. The molecule has 0 atom stereocenters. The summed E-state index contributed by atoms with van der Waals surface area (Å²) in [6.07, 6.45) is 3.77. The normalized spacial score (nSPS) is 23.3. The summed E-state index contributed by atoms with van der Waals surface area (Å²) < 4.78 is 10.7. The van der Waals surface area contributed by atoms with Crippen LogP contribution >= 0.6 is 0 Å². The zero-order valence-corrected chi connectivity index (χ0v) is 8.95. The standard InChI is InChI=1S/C12H14O3/c1-12(2)7-11(13)9(8-15-12)6-10-4-3-5-14-10/h3-6H,7-8H2,1-2H3. The zero-order valence-electron chi connectivity index (χ0n) is 8.95. The van der Waals surface area contributed by atoms with Crippen molar-refractivity contribution in [2.75, 3.05) is 6.61 Å². The summed E-state index contributed by atoms with van der Waals surface area (Å²) in [7, 11) is 0. The summed E-state index contributed by atoms with van der Waals surface area (Å²) in [5, 5.41) is 0. The molecule has 1 fully saturated rings. The highest BCUT2D eigenvalue weighted by molar-refractivity contribution is 6.00. The molecule has 2 rings (SSSR count). The Bertz CT molecular complexity index is 385. The molecule has 15 heavy (non-hydrogen) atoms. The van der Waals surface area contributed by atoms with E-state index in [1.807, 2.05) is 19.9 Å². The first-order chi connectivity index (χ1) is 7.07. The number of carbonyl (C=O) groups excluding carboxylic acids is 1. The molecule has 0 unspecified atom stereocenters. The van der Waals surface area contributed by atoms with Crippen molar-refractivity contribution in [2.45, 2.75) is 25.9 Å². The summed E-state index contributed by atoms with van der Waals surface area (Å²) in [4.78, 5) is 11.7. The predicted molar refractivity (Wildman–Crippen MR) is 56.3 cm³/mol. The van der Waals surface area contributed by atoms with Gasteiger partial charge in [0.1, 0.15) is 5.76 Å². The summed E-state index contributed by atoms with van der Waals surface area (Å²) in [5.41, 5.74) is 0.349. The first kappa shape index (κ1) is 10.2. The van der Waals surface area contributed by atoms with Crippen LogP contribution in [0.25, 0.3) is 6.08 Å². The second-order valence-electron chi connectivity index (χ2n) is 4.33. The van der Waals surface area contributed by atoms with Crippen LogP contribution in [0.5, 0.6) is 0 Å². The van der Waals surface area contributed by atoms with Gasteiger partial charge in [0, 0.05) is 12.0 Å². The molecule has 1 aromatic heterocycles. The molecule has 0 radical (unpaired) electrons. The molecule has 2 heterocycles. The molecule has 0 aliphatic carbocycles. The van der Waals surface area contributed by atoms with E-state index in [9.17, 15) is 4.79 Å². The first-order valence-corrected chi connectivity index (χ1v) is 4.98. The summed E-state index contributed by atoms with van der Waals surface area (Å²) in [6.45, 7) is 4.22. The van der Waals surface area contributed by atoms with Crippen LogP contribution < -0.4 is 0 Å². The van der Waals surface area contributed by atoms with Crippen molar-refractivity contribution in [3.63, 3.8) is 0 Å². The molecule has 0 saturated carbocycles. The predicted octanol–water partition coefficient (Wildman–Crippen LogP) is 2.43. The molecule has 3 heteroatoms. The lowest BCUT2D eigenvalue weighted by Gasteiger charge is -2.30. The minimum absolute atomic E-state index is 0.141. The van der Waals surface area contributed by atoms with Gasteiger partial charge < -0.3 is 9.15 Å². The van der Waals surface area contributed by atoms with Gasteiger partial charge in [0.25, 0.3) is 0 Å². The van der Waals surface area contributed by atoms with Crippen LogP contribution in [0.2, 0.25) is 0 Å². The van der Waals surface area contributed by atoms with Crippen molar-refractivity contribution in [2.24, 2.45) is 0 Å². The fourth-order valence-corrected chi connectivity index (χ4v) is 1.57. The first-order valence-electron chi connectivity index (χ1n) is 4.98. The van der Waals surface area contributed by atoms with Crippen LogP contribution in [0.1, 0.15) is 26.0 Å². The van der Waals surface area contributed by atoms with Crippen LogP contribution in [0.3, 0.4) is 0 Å². The van der Waals surface area contributed by atoms with E-state index in [0.717, 1.165) is 0 Å². The quantitative estimate of drug-likeness (QED) is 0.662. The largest absolute Gasteiger partial charge is 0.465 e. The third-order valence-corrected chi connectivity index (χ3v) is 2.42. The van der Waals surface area contributed by atoms with Gasteiger partial charge in [-0.2, -0.15) is 0 Å². The van der Waals surface area contributed by atoms with Crippen molar-refractivity contribution < 1.29 is 13.9 Å². The third-order valence-electron chi connectivity index (χ3n) is 2.42. The topological polar surface area (TPSA) is 39.4 Å². The molecule has 1 aliphatic rings. The smallest absolute Gasteiger partial charge is 0.164 e. The Morgan fingerprint density at radius 1 is 1.47 bits per heavy atom. The molecule has 0 aromatic carbocycles. The summed E-state index contributed by atoms with van der Waals surface area (Å²) >= 11 is 0.